The lowest BCUT2D eigenvalue weighted by Gasteiger charge is -2.09. The van der Waals surface area contributed by atoms with Crippen LogP contribution >= 0.6 is 0 Å². The summed E-state index contributed by atoms with van der Waals surface area (Å²) in [5.74, 6) is 1.31. The second-order valence-corrected chi connectivity index (χ2v) is 5.64. The Kier molecular flexibility index (Phi) is 5.22. The molecule has 0 aliphatic heterocycles. The zero-order valence-corrected chi connectivity index (χ0v) is 13.9. The molecule has 0 radical (unpaired) electrons. The summed E-state index contributed by atoms with van der Waals surface area (Å²) < 4.78 is 5.82. The fourth-order valence-electron chi connectivity index (χ4n) is 2.41. The van der Waals surface area contributed by atoms with Crippen LogP contribution in [-0.2, 0) is 13.2 Å². The molecule has 0 fully saturated rings. The highest BCUT2D eigenvalue weighted by Gasteiger charge is 2.03. The van der Waals surface area contributed by atoms with Crippen molar-refractivity contribution in [2.24, 2.45) is 0 Å². The van der Waals surface area contributed by atoms with E-state index in [1.807, 2.05) is 36.4 Å². The van der Waals surface area contributed by atoms with Crippen molar-refractivity contribution in [2.45, 2.75) is 20.1 Å². The van der Waals surface area contributed by atoms with Crippen LogP contribution in [0.15, 0.2) is 60.9 Å². The van der Waals surface area contributed by atoms with Crippen LogP contribution < -0.4 is 10.1 Å². The molecule has 0 saturated carbocycles. The van der Waals surface area contributed by atoms with E-state index in [-0.39, 0.29) is 0 Å². The van der Waals surface area contributed by atoms with E-state index >= 15 is 0 Å². The molecule has 0 bridgehead atoms. The molecule has 5 heteroatoms. The van der Waals surface area contributed by atoms with Crippen LogP contribution in [0.3, 0.4) is 0 Å². The van der Waals surface area contributed by atoms with E-state index in [1.165, 1.54) is 11.8 Å². The summed E-state index contributed by atoms with van der Waals surface area (Å²) in [7, 11) is 0. The summed E-state index contributed by atoms with van der Waals surface area (Å²) in [6.07, 6.45) is 3.06. The molecule has 5 nitrogen and oxygen atoms in total. The Morgan fingerprint density at radius 1 is 1.04 bits per heavy atom. The molecule has 0 amide bonds. The molecule has 0 aliphatic rings. The highest BCUT2D eigenvalue weighted by Crippen LogP contribution is 2.16. The zero-order valence-electron chi connectivity index (χ0n) is 13.9. The minimum atomic E-state index is 0.292. The Bertz CT molecular complexity index is 885. The van der Waals surface area contributed by atoms with Crippen molar-refractivity contribution in [2.75, 3.05) is 5.32 Å². The van der Waals surface area contributed by atoms with Gasteiger partial charge in [-0.25, -0.2) is 9.97 Å². The number of aryl methyl sites for hydroxylation is 1. The molecule has 3 aromatic rings. The van der Waals surface area contributed by atoms with Gasteiger partial charge in [0.2, 0.25) is 0 Å². The van der Waals surface area contributed by atoms with Gasteiger partial charge in [0, 0.05) is 18.9 Å². The molecule has 0 unspecified atom stereocenters. The smallest absolute Gasteiger partial charge is 0.182 e. The largest absolute Gasteiger partial charge is 0.489 e. The molecule has 1 aromatic heterocycles. The van der Waals surface area contributed by atoms with Crippen LogP contribution in [0.2, 0.25) is 0 Å². The standard InChI is InChI=1S/C20H18N4O/c1-15-3-2-4-17(11-15)14-25-18-7-5-16(6-8-18)13-24-20-19(12-21)22-9-10-23-20/h2-11H,13-14H2,1H3,(H,23,24). The number of nitrogens with zero attached hydrogens (tertiary/aromatic N) is 3. The van der Waals surface area contributed by atoms with E-state index < -0.39 is 0 Å². The monoisotopic (exact) mass is 330 g/mol. The Labute approximate surface area is 147 Å². The van der Waals surface area contributed by atoms with Gasteiger partial charge in [0.1, 0.15) is 18.4 Å². The Hall–Kier alpha value is -3.39. The van der Waals surface area contributed by atoms with Crippen LogP contribution in [-0.4, -0.2) is 9.97 Å². The second-order valence-electron chi connectivity index (χ2n) is 5.64. The first kappa shape index (κ1) is 16.5. The number of benzene rings is 2. The molecule has 0 spiro atoms. The van der Waals surface area contributed by atoms with Gasteiger partial charge >= 0.3 is 0 Å². The van der Waals surface area contributed by atoms with Crippen molar-refractivity contribution in [1.82, 2.24) is 9.97 Å². The molecule has 1 N–H and O–H groups in total. The quantitative estimate of drug-likeness (QED) is 0.743. The summed E-state index contributed by atoms with van der Waals surface area (Å²) in [4.78, 5) is 8.11. The third-order valence-corrected chi connectivity index (χ3v) is 3.68. The van der Waals surface area contributed by atoms with Crippen LogP contribution in [0.5, 0.6) is 5.75 Å². The molecule has 2 aromatic carbocycles. The number of hydrogen-bond acceptors (Lipinski definition) is 5. The van der Waals surface area contributed by atoms with Gasteiger partial charge in [-0.3, -0.25) is 0 Å². The predicted molar refractivity (Wildman–Crippen MR) is 96.0 cm³/mol. The summed E-state index contributed by atoms with van der Waals surface area (Å²) in [5.41, 5.74) is 3.73. The number of anilines is 1. The van der Waals surface area contributed by atoms with Crippen molar-refractivity contribution in [1.29, 1.82) is 5.26 Å². The number of rotatable bonds is 6. The van der Waals surface area contributed by atoms with Crippen molar-refractivity contribution in [3.05, 3.63) is 83.3 Å². The SMILES string of the molecule is Cc1cccc(COc2ccc(CNc3nccnc3C#N)cc2)c1. The fraction of sp³-hybridized carbons (Fsp3) is 0.150. The van der Waals surface area contributed by atoms with Gasteiger partial charge in [0.05, 0.1) is 0 Å². The van der Waals surface area contributed by atoms with E-state index in [4.69, 9.17) is 10.00 Å². The number of hydrogen-bond donors (Lipinski definition) is 1. The predicted octanol–water partition coefficient (Wildman–Crippen LogP) is 3.85. The minimum absolute atomic E-state index is 0.292. The molecule has 25 heavy (non-hydrogen) atoms. The van der Waals surface area contributed by atoms with E-state index in [1.54, 1.807) is 6.20 Å². The normalized spacial score (nSPS) is 10.1. The third-order valence-electron chi connectivity index (χ3n) is 3.68. The molecule has 124 valence electrons. The average molecular weight is 330 g/mol. The van der Waals surface area contributed by atoms with E-state index in [2.05, 4.69) is 40.4 Å². The Balaban J connectivity index is 1.56. The van der Waals surface area contributed by atoms with Crippen LogP contribution in [0.4, 0.5) is 5.82 Å². The molecule has 0 aliphatic carbocycles. The van der Waals surface area contributed by atoms with Crippen molar-refractivity contribution in [3.63, 3.8) is 0 Å². The molecule has 0 saturated heterocycles. The molecular weight excluding hydrogens is 312 g/mol. The summed E-state index contributed by atoms with van der Waals surface area (Å²) >= 11 is 0. The number of aromatic nitrogens is 2. The lowest BCUT2D eigenvalue weighted by atomic mass is 10.1. The van der Waals surface area contributed by atoms with Gasteiger partial charge in [-0.05, 0) is 30.2 Å². The maximum atomic E-state index is 9.01. The van der Waals surface area contributed by atoms with Crippen LogP contribution in [0, 0.1) is 18.3 Å². The van der Waals surface area contributed by atoms with Gasteiger partial charge in [-0.1, -0.05) is 42.0 Å². The highest BCUT2D eigenvalue weighted by molar-refractivity contribution is 5.47. The lowest BCUT2D eigenvalue weighted by Crippen LogP contribution is -2.04. The van der Waals surface area contributed by atoms with Crippen LogP contribution in [0.1, 0.15) is 22.4 Å². The summed E-state index contributed by atoms with van der Waals surface area (Å²) in [6.45, 7) is 3.18. The average Bonchev–Trinajstić information content (AvgIpc) is 2.66. The Morgan fingerprint density at radius 2 is 1.84 bits per heavy atom. The van der Waals surface area contributed by atoms with Crippen molar-refractivity contribution >= 4 is 5.82 Å². The van der Waals surface area contributed by atoms with E-state index in [0.29, 0.717) is 24.7 Å². The van der Waals surface area contributed by atoms with Gasteiger partial charge in [-0.2, -0.15) is 5.26 Å². The van der Waals surface area contributed by atoms with Gasteiger partial charge in [-0.15, -0.1) is 0 Å². The second kappa shape index (κ2) is 7.93. The first-order valence-electron chi connectivity index (χ1n) is 7.97. The van der Waals surface area contributed by atoms with Gasteiger partial charge < -0.3 is 10.1 Å². The molecular formula is C20H18N4O. The first-order valence-corrected chi connectivity index (χ1v) is 7.97. The maximum absolute atomic E-state index is 9.01. The van der Waals surface area contributed by atoms with Crippen molar-refractivity contribution in [3.8, 4) is 11.8 Å². The van der Waals surface area contributed by atoms with Crippen molar-refractivity contribution < 1.29 is 4.74 Å². The lowest BCUT2D eigenvalue weighted by molar-refractivity contribution is 0.306. The topological polar surface area (TPSA) is 70.8 Å². The third kappa shape index (κ3) is 4.55. The summed E-state index contributed by atoms with van der Waals surface area (Å²) in [6, 6.07) is 18.1. The van der Waals surface area contributed by atoms with Gasteiger partial charge in [0.15, 0.2) is 11.5 Å². The molecule has 0 atom stereocenters. The fourth-order valence-corrected chi connectivity index (χ4v) is 2.41. The maximum Gasteiger partial charge on any atom is 0.182 e. The van der Waals surface area contributed by atoms with Gasteiger partial charge in [0.25, 0.3) is 0 Å². The first-order chi connectivity index (χ1) is 12.2. The highest BCUT2D eigenvalue weighted by atomic mass is 16.5. The Morgan fingerprint density at radius 3 is 2.60 bits per heavy atom. The number of nitrogens with one attached hydrogen (secondary N) is 1. The number of ether oxygens (including phenoxy) is 1. The van der Waals surface area contributed by atoms with Crippen LogP contribution in [0.25, 0.3) is 0 Å². The number of nitriles is 1. The summed E-state index contributed by atoms with van der Waals surface area (Å²) in [5, 5.41) is 12.1. The minimum Gasteiger partial charge on any atom is -0.489 e. The zero-order chi connectivity index (χ0) is 17.5. The molecule has 1 heterocycles. The molecule has 3 rings (SSSR count). The van der Waals surface area contributed by atoms with E-state index in [9.17, 15) is 0 Å². The van der Waals surface area contributed by atoms with E-state index in [0.717, 1.165) is 16.9 Å².